The molecule has 0 bridgehead atoms. The number of carbonyl (C=O) groups is 3. The molecule has 3 aromatic rings. The van der Waals surface area contributed by atoms with Gasteiger partial charge in [0.05, 0.1) is 38.5 Å². The monoisotopic (exact) mass is 625 g/mol. The number of ether oxygens (including phenoxy) is 3. The van der Waals surface area contributed by atoms with Gasteiger partial charge in [-0.1, -0.05) is 45.9 Å². The highest BCUT2D eigenvalue weighted by atomic mass is 32.2. The van der Waals surface area contributed by atoms with Gasteiger partial charge in [-0.3, -0.25) is 9.10 Å². The second-order valence-corrected chi connectivity index (χ2v) is 12.9. The van der Waals surface area contributed by atoms with Gasteiger partial charge in [0.25, 0.3) is 15.9 Å². The van der Waals surface area contributed by atoms with Gasteiger partial charge in [0.15, 0.2) is 23.3 Å². The number of nitrogens with one attached hydrogen (secondary N) is 1. The van der Waals surface area contributed by atoms with E-state index in [9.17, 15) is 22.8 Å². The van der Waals surface area contributed by atoms with Crippen molar-refractivity contribution in [3.8, 4) is 5.75 Å². The first-order valence-electron chi connectivity index (χ1n) is 13.7. The highest BCUT2D eigenvalue weighted by molar-refractivity contribution is 7.90. The Morgan fingerprint density at radius 2 is 1.70 bits per heavy atom. The van der Waals surface area contributed by atoms with Crippen LogP contribution in [0.4, 0.5) is 11.4 Å². The molecule has 0 fully saturated rings. The van der Waals surface area contributed by atoms with Gasteiger partial charge in [-0.15, -0.1) is 0 Å². The van der Waals surface area contributed by atoms with E-state index in [0.717, 1.165) is 35.0 Å². The number of fused-ring (bicyclic) bond motifs is 1. The average molecular weight is 626 g/mol. The van der Waals surface area contributed by atoms with Crippen molar-refractivity contribution in [2.45, 2.75) is 50.5 Å². The number of methoxy groups -OCH3 is 2. The second-order valence-electron chi connectivity index (χ2n) is 10.9. The van der Waals surface area contributed by atoms with E-state index in [1.54, 1.807) is 24.3 Å². The molecule has 1 atom stereocenters. The zero-order chi connectivity index (χ0) is 32.4. The predicted molar refractivity (Wildman–Crippen MR) is 162 cm³/mol. The first kappa shape index (κ1) is 32.2. The Bertz CT molecular complexity index is 1740. The number of para-hydroxylation sites is 1. The van der Waals surface area contributed by atoms with Crippen molar-refractivity contribution in [3.05, 3.63) is 65.7 Å². The van der Waals surface area contributed by atoms with E-state index in [1.165, 1.54) is 19.2 Å². The van der Waals surface area contributed by atoms with E-state index in [-0.39, 0.29) is 21.8 Å². The molecular formula is C30H35N5O8S. The predicted octanol–water partition coefficient (Wildman–Crippen LogP) is 4.09. The molecule has 1 aliphatic rings. The molecule has 13 nitrogen and oxygen atoms in total. The molecule has 0 saturated carbocycles. The summed E-state index contributed by atoms with van der Waals surface area (Å²) < 4.78 is 44.7. The summed E-state index contributed by atoms with van der Waals surface area (Å²) in [6.07, 6.45) is 1.77. The number of benzene rings is 2. The maximum atomic E-state index is 14.4. The third kappa shape index (κ3) is 6.02. The van der Waals surface area contributed by atoms with E-state index < -0.39 is 45.3 Å². The van der Waals surface area contributed by atoms with Crippen LogP contribution in [0.3, 0.4) is 0 Å². The number of carbonyl (C=O) groups excluding carboxylic acids is 3. The van der Waals surface area contributed by atoms with Crippen molar-refractivity contribution < 1.29 is 37.0 Å². The number of hydrogen-bond donors (Lipinski definition) is 1. The smallest absolute Gasteiger partial charge is 0.359 e. The summed E-state index contributed by atoms with van der Waals surface area (Å²) in [5, 5.41) is 2.85. The largest absolute Gasteiger partial charge is 0.491 e. The molecule has 1 amide bonds. The van der Waals surface area contributed by atoms with Gasteiger partial charge in [-0.2, -0.15) is 0 Å². The van der Waals surface area contributed by atoms with Crippen LogP contribution < -0.4 is 10.1 Å². The first-order valence-corrected chi connectivity index (χ1v) is 15.2. The summed E-state index contributed by atoms with van der Waals surface area (Å²) in [6, 6.07) is 9.84. The van der Waals surface area contributed by atoms with Gasteiger partial charge in [0, 0.05) is 7.05 Å². The van der Waals surface area contributed by atoms with E-state index >= 15 is 0 Å². The second kappa shape index (κ2) is 12.5. The summed E-state index contributed by atoms with van der Waals surface area (Å²) in [5.41, 5.74) is 0.150. The number of likely N-dealkylation sites (N-methyl/N-ethyl adjacent to an activating group) is 1. The average Bonchev–Trinajstić information content (AvgIpc) is 3.42. The van der Waals surface area contributed by atoms with Crippen LogP contribution in [0.5, 0.6) is 5.75 Å². The van der Waals surface area contributed by atoms with E-state index in [4.69, 9.17) is 14.2 Å². The van der Waals surface area contributed by atoms with Crippen molar-refractivity contribution in [2.75, 3.05) is 33.2 Å². The molecule has 14 heteroatoms. The minimum Gasteiger partial charge on any atom is -0.491 e. The first-order chi connectivity index (χ1) is 20.8. The third-order valence-corrected chi connectivity index (χ3v) is 8.76. The van der Waals surface area contributed by atoms with Crippen molar-refractivity contribution in [1.82, 2.24) is 13.9 Å². The van der Waals surface area contributed by atoms with Crippen molar-refractivity contribution >= 4 is 45.1 Å². The Kier molecular flexibility index (Phi) is 9.14. The molecule has 2 heterocycles. The quantitative estimate of drug-likeness (QED) is 0.346. The highest BCUT2D eigenvalue weighted by Crippen LogP contribution is 2.36. The topological polar surface area (TPSA) is 158 Å². The number of amidine groups is 1. The fourth-order valence-electron chi connectivity index (χ4n) is 4.57. The van der Waals surface area contributed by atoms with E-state index in [2.05, 4.69) is 15.3 Å². The van der Waals surface area contributed by atoms with Crippen molar-refractivity contribution in [3.63, 3.8) is 0 Å². The van der Waals surface area contributed by atoms with Crippen LogP contribution in [0.15, 0.2) is 58.7 Å². The summed E-state index contributed by atoms with van der Waals surface area (Å²) >= 11 is 0. The maximum absolute atomic E-state index is 14.4. The minimum atomic E-state index is -4.17. The Labute approximate surface area is 255 Å². The van der Waals surface area contributed by atoms with Gasteiger partial charge in [-0.25, -0.2) is 28.0 Å². The third-order valence-electron chi connectivity index (χ3n) is 6.95. The number of imidazole rings is 1. The van der Waals surface area contributed by atoms with Crippen LogP contribution in [-0.4, -0.2) is 73.8 Å². The maximum Gasteiger partial charge on any atom is 0.359 e. The molecule has 1 aliphatic heterocycles. The lowest BCUT2D eigenvalue weighted by Gasteiger charge is -2.31. The van der Waals surface area contributed by atoms with Crippen molar-refractivity contribution in [2.24, 2.45) is 4.99 Å². The molecule has 234 valence electrons. The van der Waals surface area contributed by atoms with Crippen LogP contribution in [0.2, 0.25) is 0 Å². The lowest BCUT2D eigenvalue weighted by molar-refractivity contribution is -0.117. The highest BCUT2D eigenvalue weighted by Gasteiger charge is 2.42. The zero-order valence-electron chi connectivity index (χ0n) is 25.6. The van der Waals surface area contributed by atoms with Crippen LogP contribution in [-0.2, 0) is 29.7 Å². The summed E-state index contributed by atoms with van der Waals surface area (Å²) in [6.45, 7) is 8.36. The number of esters is 2. The molecule has 0 spiro atoms. The Hall–Kier alpha value is -4.72. The van der Waals surface area contributed by atoms with Gasteiger partial charge < -0.3 is 24.1 Å². The SMILES string of the molecule is CCCOc1ccc(C(C)(C)C)cc1NC(=O)C(C1=Nc2ccccc2S(=O)(=O)N1C)n1cnc(C(=O)OC)c1C(=O)OC. The zero-order valence-corrected chi connectivity index (χ0v) is 26.4. The fourth-order valence-corrected chi connectivity index (χ4v) is 5.88. The van der Waals surface area contributed by atoms with Crippen LogP contribution in [0, 0.1) is 0 Å². The number of aromatic nitrogens is 2. The van der Waals surface area contributed by atoms with Gasteiger partial charge in [0.1, 0.15) is 10.6 Å². The molecule has 4 rings (SSSR count). The summed E-state index contributed by atoms with van der Waals surface area (Å²) in [5.74, 6) is -2.64. The molecule has 1 unspecified atom stereocenters. The van der Waals surface area contributed by atoms with E-state index in [0.29, 0.717) is 24.5 Å². The molecule has 0 radical (unpaired) electrons. The number of rotatable bonds is 9. The number of anilines is 1. The van der Waals surface area contributed by atoms with Crippen molar-refractivity contribution in [1.29, 1.82) is 0 Å². The summed E-state index contributed by atoms with van der Waals surface area (Å²) in [4.78, 5) is 48.5. The van der Waals surface area contributed by atoms with Gasteiger partial charge in [-0.05, 0) is 41.7 Å². The molecule has 1 aromatic heterocycles. The van der Waals surface area contributed by atoms with Gasteiger partial charge in [0.2, 0.25) is 0 Å². The lowest BCUT2D eigenvalue weighted by atomic mass is 9.87. The number of amides is 1. The Morgan fingerprint density at radius 1 is 1.02 bits per heavy atom. The Balaban J connectivity index is 1.97. The number of aliphatic imine (C=N–C) groups is 1. The molecule has 2 aromatic carbocycles. The number of hydrogen-bond acceptors (Lipinski definition) is 10. The normalized spacial score (nSPS) is 14.6. The van der Waals surface area contributed by atoms with Crippen LogP contribution in [0.25, 0.3) is 0 Å². The van der Waals surface area contributed by atoms with E-state index in [1.807, 2.05) is 33.8 Å². The van der Waals surface area contributed by atoms with Crippen LogP contribution >= 0.6 is 0 Å². The molecule has 0 saturated heterocycles. The lowest BCUT2D eigenvalue weighted by Crippen LogP contribution is -2.45. The minimum absolute atomic E-state index is 0.0624. The molecule has 44 heavy (non-hydrogen) atoms. The van der Waals surface area contributed by atoms with Crippen LogP contribution in [0.1, 0.15) is 66.7 Å². The standard InChI is InChI=1S/C30H35N5O8S/c1-8-15-43-21-14-13-18(30(2,3)4)16-20(21)33-27(36)25(35-17-31-23(28(37)41-6)24(35)29(38)42-7)26-32-19-11-9-10-12-22(19)44(39,40)34(26)5/h9-14,16-17,25H,8,15H2,1-7H3,(H,33,36). The fraction of sp³-hybridized carbons (Fsp3) is 0.367. The van der Waals surface area contributed by atoms with Gasteiger partial charge >= 0.3 is 11.9 Å². The summed E-state index contributed by atoms with van der Waals surface area (Å²) in [7, 11) is -0.726. The number of nitrogens with zero attached hydrogens (tertiary/aromatic N) is 4. The molecule has 1 N–H and O–H groups in total. The number of sulfonamides is 1. The molecular weight excluding hydrogens is 590 g/mol. The Morgan fingerprint density at radius 3 is 2.34 bits per heavy atom. The molecule has 0 aliphatic carbocycles.